The third-order valence-corrected chi connectivity index (χ3v) is 3.48. The van der Waals surface area contributed by atoms with Crippen molar-refractivity contribution in [2.45, 2.75) is 19.8 Å². The van der Waals surface area contributed by atoms with Crippen LogP contribution >= 0.6 is 0 Å². The van der Waals surface area contributed by atoms with Crippen molar-refractivity contribution in [3.05, 3.63) is 12.2 Å². The van der Waals surface area contributed by atoms with Gasteiger partial charge < -0.3 is 9.47 Å². The second kappa shape index (κ2) is 3.30. The molecule has 2 aliphatic carbocycles. The first-order valence-corrected chi connectivity index (χ1v) is 5.03. The van der Waals surface area contributed by atoms with E-state index in [1.807, 2.05) is 0 Å². The van der Waals surface area contributed by atoms with Gasteiger partial charge in [0.25, 0.3) is 0 Å². The van der Waals surface area contributed by atoms with E-state index < -0.39 is 6.16 Å². The Kier molecular flexibility index (Phi) is 2.25. The molecule has 0 aromatic carbocycles. The summed E-state index contributed by atoms with van der Waals surface area (Å²) in [5, 5.41) is 0. The molecule has 0 amide bonds. The number of fused-ring (bicyclic) bond motifs is 2. The molecule has 0 aromatic heterocycles. The molecule has 3 atom stereocenters. The van der Waals surface area contributed by atoms with E-state index in [0.29, 0.717) is 18.4 Å². The third-order valence-electron chi connectivity index (χ3n) is 3.48. The number of carbonyl (C=O) groups excluding carboxylic acids is 1. The molecule has 0 aliphatic heterocycles. The van der Waals surface area contributed by atoms with Gasteiger partial charge in [-0.05, 0) is 24.7 Å². The first kappa shape index (κ1) is 9.56. The van der Waals surface area contributed by atoms with Gasteiger partial charge in [-0.25, -0.2) is 4.79 Å². The normalized spacial score (nSPS) is 38.7. The Morgan fingerprint density at radius 3 is 2.86 bits per heavy atom. The fraction of sp³-hybridized carbons (Fsp3) is 0.727. The molecular formula is C11H16O3. The van der Waals surface area contributed by atoms with E-state index in [9.17, 15) is 4.79 Å². The van der Waals surface area contributed by atoms with Crippen molar-refractivity contribution >= 4 is 6.16 Å². The molecule has 3 heteroatoms. The highest BCUT2D eigenvalue weighted by Crippen LogP contribution is 2.51. The second-order valence-electron chi connectivity index (χ2n) is 4.59. The maximum atomic E-state index is 10.9. The minimum Gasteiger partial charge on any atom is -0.438 e. The Balaban J connectivity index is 1.91. The molecule has 0 spiro atoms. The van der Waals surface area contributed by atoms with E-state index in [2.05, 4.69) is 23.8 Å². The molecule has 14 heavy (non-hydrogen) atoms. The quantitative estimate of drug-likeness (QED) is 0.502. The molecule has 2 rings (SSSR count). The van der Waals surface area contributed by atoms with Crippen LogP contribution in [0.2, 0.25) is 0 Å². The molecule has 0 saturated heterocycles. The lowest BCUT2D eigenvalue weighted by atomic mass is 9.78. The summed E-state index contributed by atoms with van der Waals surface area (Å²) in [6.07, 6.45) is 6.32. The molecule has 0 heterocycles. The van der Waals surface area contributed by atoms with Gasteiger partial charge in [-0.15, -0.1) is 0 Å². The number of hydrogen-bond acceptors (Lipinski definition) is 3. The molecule has 0 aromatic rings. The van der Waals surface area contributed by atoms with Crippen LogP contribution in [0.3, 0.4) is 0 Å². The predicted octanol–water partition coefficient (Wildman–Crippen LogP) is 2.37. The number of hydrogen-bond donors (Lipinski definition) is 0. The van der Waals surface area contributed by atoms with Crippen LogP contribution in [0, 0.1) is 17.3 Å². The maximum Gasteiger partial charge on any atom is 0.507 e. The molecular weight excluding hydrogens is 180 g/mol. The van der Waals surface area contributed by atoms with Crippen LogP contribution in [-0.4, -0.2) is 19.9 Å². The van der Waals surface area contributed by atoms with Crippen LogP contribution in [0.1, 0.15) is 19.8 Å². The van der Waals surface area contributed by atoms with Crippen molar-refractivity contribution in [2.75, 3.05) is 13.7 Å². The zero-order valence-electron chi connectivity index (χ0n) is 8.66. The fourth-order valence-electron chi connectivity index (χ4n) is 2.64. The van der Waals surface area contributed by atoms with E-state index in [4.69, 9.17) is 4.74 Å². The number of carbonyl (C=O) groups is 1. The van der Waals surface area contributed by atoms with Gasteiger partial charge >= 0.3 is 6.16 Å². The topological polar surface area (TPSA) is 35.5 Å². The van der Waals surface area contributed by atoms with E-state index in [1.54, 1.807) is 0 Å². The number of methoxy groups -OCH3 is 1. The summed E-state index contributed by atoms with van der Waals surface area (Å²) < 4.78 is 9.49. The highest BCUT2D eigenvalue weighted by molar-refractivity contribution is 5.59. The average molecular weight is 196 g/mol. The lowest BCUT2D eigenvalue weighted by Gasteiger charge is -2.30. The Labute approximate surface area is 84.1 Å². The molecule has 1 fully saturated rings. The van der Waals surface area contributed by atoms with Gasteiger partial charge in [0.15, 0.2) is 0 Å². The average Bonchev–Trinajstić information content (AvgIpc) is 2.74. The van der Waals surface area contributed by atoms with Gasteiger partial charge in [0, 0.05) is 5.41 Å². The molecule has 78 valence electrons. The third kappa shape index (κ3) is 1.51. The zero-order chi connectivity index (χ0) is 10.2. The standard InChI is InChI=1S/C11H16O3/c1-11(7-14-10(12)13-2)6-8-3-4-9(11)5-8/h3-4,8-9H,5-7H2,1-2H3. The minimum atomic E-state index is -0.571. The first-order chi connectivity index (χ1) is 6.64. The second-order valence-corrected chi connectivity index (χ2v) is 4.59. The van der Waals surface area contributed by atoms with Gasteiger partial charge in [0.2, 0.25) is 0 Å². The molecule has 0 radical (unpaired) electrons. The summed E-state index contributed by atoms with van der Waals surface area (Å²) in [7, 11) is 1.34. The lowest BCUT2D eigenvalue weighted by molar-refractivity contribution is 0.0298. The van der Waals surface area contributed by atoms with Crippen molar-refractivity contribution < 1.29 is 14.3 Å². The summed E-state index contributed by atoms with van der Waals surface area (Å²) in [5.41, 5.74) is 0.133. The Morgan fingerprint density at radius 1 is 1.57 bits per heavy atom. The van der Waals surface area contributed by atoms with Gasteiger partial charge in [0.1, 0.15) is 6.61 Å². The largest absolute Gasteiger partial charge is 0.507 e. The Bertz CT molecular complexity index is 272. The molecule has 2 bridgehead atoms. The summed E-state index contributed by atoms with van der Waals surface area (Å²) in [6.45, 7) is 2.66. The SMILES string of the molecule is COC(=O)OCC1(C)CC2C=CC1C2. The van der Waals surface area contributed by atoms with Crippen LogP contribution in [0.25, 0.3) is 0 Å². The van der Waals surface area contributed by atoms with E-state index in [-0.39, 0.29) is 5.41 Å². The lowest BCUT2D eigenvalue weighted by Crippen LogP contribution is -2.29. The first-order valence-electron chi connectivity index (χ1n) is 5.03. The summed E-state index contributed by atoms with van der Waals surface area (Å²) >= 11 is 0. The highest BCUT2D eigenvalue weighted by atomic mass is 16.7. The molecule has 3 unspecified atom stereocenters. The Morgan fingerprint density at radius 2 is 2.36 bits per heavy atom. The Hall–Kier alpha value is -0.990. The monoisotopic (exact) mass is 196 g/mol. The highest BCUT2D eigenvalue weighted by Gasteiger charge is 2.45. The van der Waals surface area contributed by atoms with Gasteiger partial charge in [0.05, 0.1) is 7.11 Å². The van der Waals surface area contributed by atoms with Gasteiger partial charge in [-0.1, -0.05) is 19.1 Å². The van der Waals surface area contributed by atoms with Gasteiger partial charge in [-0.3, -0.25) is 0 Å². The predicted molar refractivity (Wildman–Crippen MR) is 51.8 cm³/mol. The van der Waals surface area contributed by atoms with E-state index in [1.165, 1.54) is 13.5 Å². The maximum absolute atomic E-state index is 10.9. The van der Waals surface area contributed by atoms with Crippen molar-refractivity contribution in [2.24, 2.45) is 17.3 Å². The molecule has 2 aliphatic rings. The van der Waals surface area contributed by atoms with Crippen molar-refractivity contribution in [3.63, 3.8) is 0 Å². The summed E-state index contributed by atoms with van der Waals surface area (Å²) in [6, 6.07) is 0. The fourth-order valence-corrected chi connectivity index (χ4v) is 2.64. The van der Waals surface area contributed by atoms with E-state index in [0.717, 1.165) is 6.42 Å². The van der Waals surface area contributed by atoms with Crippen LogP contribution in [-0.2, 0) is 9.47 Å². The smallest absolute Gasteiger partial charge is 0.438 e. The van der Waals surface area contributed by atoms with Crippen LogP contribution in [0.15, 0.2) is 12.2 Å². The molecule has 3 nitrogen and oxygen atoms in total. The molecule has 0 N–H and O–H groups in total. The molecule has 1 saturated carbocycles. The van der Waals surface area contributed by atoms with Crippen LogP contribution < -0.4 is 0 Å². The van der Waals surface area contributed by atoms with Crippen molar-refractivity contribution in [1.82, 2.24) is 0 Å². The van der Waals surface area contributed by atoms with Crippen molar-refractivity contribution in [3.8, 4) is 0 Å². The number of rotatable bonds is 2. The van der Waals surface area contributed by atoms with E-state index >= 15 is 0 Å². The van der Waals surface area contributed by atoms with Crippen LogP contribution in [0.5, 0.6) is 0 Å². The van der Waals surface area contributed by atoms with Crippen molar-refractivity contribution in [1.29, 1.82) is 0 Å². The minimum absolute atomic E-state index is 0.133. The summed E-state index contributed by atoms with van der Waals surface area (Å²) in [4.78, 5) is 10.9. The summed E-state index contributed by atoms with van der Waals surface area (Å²) in [5.74, 6) is 1.28. The zero-order valence-corrected chi connectivity index (χ0v) is 8.66. The number of ether oxygens (including phenoxy) is 2. The number of allylic oxidation sites excluding steroid dienone is 2. The van der Waals surface area contributed by atoms with Gasteiger partial charge in [-0.2, -0.15) is 0 Å². The van der Waals surface area contributed by atoms with Crippen LogP contribution in [0.4, 0.5) is 4.79 Å².